The van der Waals surface area contributed by atoms with E-state index in [4.69, 9.17) is 5.73 Å². The van der Waals surface area contributed by atoms with Crippen molar-refractivity contribution in [2.45, 2.75) is 56.6 Å². The Morgan fingerprint density at radius 3 is 2.57 bits per heavy atom. The molecule has 1 heterocycles. The van der Waals surface area contributed by atoms with Crippen LogP contribution in [0.5, 0.6) is 0 Å². The number of amides is 1. The molecule has 1 aliphatic heterocycles. The van der Waals surface area contributed by atoms with Crippen LogP contribution in [-0.4, -0.2) is 16.4 Å². The van der Waals surface area contributed by atoms with E-state index < -0.39 is 0 Å². The first kappa shape index (κ1) is 11.9. The largest absolute Gasteiger partial charge is 0.368 e. The van der Waals surface area contributed by atoms with Gasteiger partial charge in [0.1, 0.15) is 0 Å². The Hall–Kier alpha value is -0.180. The lowest BCUT2D eigenvalue weighted by atomic mass is 9.96. The van der Waals surface area contributed by atoms with Crippen LogP contribution in [0.15, 0.2) is 0 Å². The average molecular weight is 215 g/mol. The summed E-state index contributed by atoms with van der Waals surface area (Å²) in [6.45, 7) is 2.08. The number of rotatable bonds is 2. The van der Waals surface area contributed by atoms with E-state index in [9.17, 15) is 4.79 Å². The normalized spacial score (nSPS) is 30.1. The molecule has 1 saturated heterocycles. The molecule has 14 heavy (non-hydrogen) atoms. The van der Waals surface area contributed by atoms with Crippen LogP contribution in [0.4, 0.5) is 0 Å². The number of nitrogens with two attached hydrogens (primary N) is 1. The summed E-state index contributed by atoms with van der Waals surface area (Å²) >= 11 is 1.79. The predicted octanol–water partition coefficient (Wildman–Crippen LogP) is 2.71. The molecule has 1 aliphatic rings. The van der Waals surface area contributed by atoms with Crippen molar-refractivity contribution in [3.05, 3.63) is 0 Å². The van der Waals surface area contributed by atoms with Gasteiger partial charge in [0.05, 0.1) is 4.75 Å². The Kier molecular flexibility index (Phi) is 4.79. The second-order valence-corrected chi connectivity index (χ2v) is 5.56. The van der Waals surface area contributed by atoms with Gasteiger partial charge in [0.15, 0.2) is 0 Å². The lowest BCUT2D eigenvalue weighted by Gasteiger charge is -2.28. The molecule has 0 radical (unpaired) electrons. The zero-order valence-electron chi connectivity index (χ0n) is 9.05. The molecule has 0 aliphatic carbocycles. The molecule has 1 fully saturated rings. The summed E-state index contributed by atoms with van der Waals surface area (Å²) < 4.78 is -0.260. The fourth-order valence-corrected chi connectivity index (χ4v) is 3.40. The third kappa shape index (κ3) is 2.91. The Morgan fingerprint density at radius 2 is 1.93 bits per heavy atom. The van der Waals surface area contributed by atoms with E-state index in [0.29, 0.717) is 0 Å². The molecule has 1 atom stereocenters. The van der Waals surface area contributed by atoms with Gasteiger partial charge in [-0.05, 0) is 25.0 Å². The zero-order chi connectivity index (χ0) is 10.4. The summed E-state index contributed by atoms with van der Waals surface area (Å²) in [6, 6.07) is 0. The Morgan fingerprint density at radius 1 is 1.29 bits per heavy atom. The van der Waals surface area contributed by atoms with Gasteiger partial charge < -0.3 is 5.73 Å². The molecule has 0 aromatic heterocycles. The first-order chi connectivity index (χ1) is 6.71. The monoisotopic (exact) mass is 215 g/mol. The van der Waals surface area contributed by atoms with Crippen molar-refractivity contribution in [3.63, 3.8) is 0 Å². The quantitative estimate of drug-likeness (QED) is 0.769. The molecule has 0 aromatic rings. The highest BCUT2D eigenvalue weighted by Crippen LogP contribution is 2.36. The van der Waals surface area contributed by atoms with Crippen molar-refractivity contribution >= 4 is 17.7 Å². The highest BCUT2D eigenvalue weighted by atomic mass is 32.2. The minimum Gasteiger partial charge on any atom is -0.368 e. The molecule has 0 bridgehead atoms. The number of carbonyl (C=O) groups excluding carboxylic acids is 1. The van der Waals surface area contributed by atoms with Gasteiger partial charge in [0, 0.05) is 0 Å². The highest BCUT2D eigenvalue weighted by Gasteiger charge is 2.34. The number of hydrogen-bond acceptors (Lipinski definition) is 2. The Bertz CT molecular complexity index is 184. The van der Waals surface area contributed by atoms with E-state index in [-0.39, 0.29) is 10.7 Å². The molecule has 0 spiro atoms. The maximum Gasteiger partial charge on any atom is 0.233 e. The van der Waals surface area contributed by atoms with Gasteiger partial charge in [-0.1, -0.05) is 32.6 Å². The average Bonchev–Trinajstić information content (AvgIpc) is 2.29. The van der Waals surface area contributed by atoms with E-state index in [1.807, 2.05) is 0 Å². The highest BCUT2D eigenvalue weighted by molar-refractivity contribution is 8.01. The molecule has 0 saturated carbocycles. The van der Waals surface area contributed by atoms with Gasteiger partial charge in [-0.25, -0.2) is 0 Å². The van der Waals surface area contributed by atoms with E-state index in [0.717, 1.165) is 25.0 Å². The standard InChI is InChI=1S/C11H21NOS/c1-2-11(10(12)13)8-6-4-3-5-7-9-14-11/h2-9H2,1H3,(H2,12,13). The maximum atomic E-state index is 11.5. The fourth-order valence-electron chi connectivity index (χ4n) is 2.03. The van der Waals surface area contributed by atoms with Crippen LogP contribution in [0.2, 0.25) is 0 Å². The van der Waals surface area contributed by atoms with Crippen LogP contribution < -0.4 is 5.73 Å². The third-order valence-corrected chi connectivity index (χ3v) is 4.86. The van der Waals surface area contributed by atoms with Crippen LogP contribution in [0.25, 0.3) is 0 Å². The van der Waals surface area contributed by atoms with Crippen LogP contribution in [0, 0.1) is 0 Å². The van der Waals surface area contributed by atoms with Crippen molar-refractivity contribution in [1.82, 2.24) is 0 Å². The molecule has 2 N–H and O–H groups in total. The third-order valence-electron chi connectivity index (χ3n) is 3.12. The topological polar surface area (TPSA) is 43.1 Å². The number of primary amides is 1. The summed E-state index contributed by atoms with van der Waals surface area (Å²) in [5, 5.41) is 0. The molecule has 82 valence electrons. The van der Waals surface area contributed by atoms with Gasteiger partial charge in [-0.15, -0.1) is 11.8 Å². The van der Waals surface area contributed by atoms with Crippen molar-refractivity contribution in [3.8, 4) is 0 Å². The predicted molar refractivity (Wildman–Crippen MR) is 62.4 cm³/mol. The molecular formula is C11H21NOS. The minimum absolute atomic E-state index is 0.105. The number of carbonyl (C=O) groups is 1. The zero-order valence-corrected chi connectivity index (χ0v) is 9.87. The Labute approximate surface area is 91.0 Å². The van der Waals surface area contributed by atoms with Crippen LogP contribution >= 0.6 is 11.8 Å². The summed E-state index contributed by atoms with van der Waals surface area (Å²) in [5.74, 6) is 0.989. The summed E-state index contributed by atoms with van der Waals surface area (Å²) in [6.07, 6.45) is 8.14. The summed E-state index contributed by atoms with van der Waals surface area (Å²) in [4.78, 5) is 11.5. The molecular weight excluding hydrogens is 194 g/mol. The van der Waals surface area contributed by atoms with Crippen molar-refractivity contribution in [2.24, 2.45) is 5.73 Å². The Balaban J connectivity index is 2.64. The SMILES string of the molecule is CCC1(C(N)=O)CCCCCCCS1. The van der Waals surface area contributed by atoms with Crippen molar-refractivity contribution < 1.29 is 4.79 Å². The maximum absolute atomic E-state index is 11.5. The van der Waals surface area contributed by atoms with E-state index in [1.165, 1.54) is 25.7 Å². The van der Waals surface area contributed by atoms with Gasteiger partial charge in [-0.2, -0.15) is 0 Å². The van der Waals surface area contributed by atoms with Crippen LogP contribution in [0.3, 0.4) is 0 Å². The number of hydrogen-bond donors (Lipinski definition) is 1. The summed E-state index contributed by atoms with van der Waals surface area (Å²) in [5.41, 5.74) is 5.52. The fraction of sp³-hybridized carbons (Fsp3) is 0.909. The second kappa shape index (κ2) is 5.64. The molecule has 1 amide bonds. The summed E-state index contributed by atoms with van der Waals surface area (Å²) in [7, 11) is 0. The smallest absolute Gasteiger partial charge is 0.233 e. The van der Waals surface area contributed by atoms with Gasteiger partial charge in [0.25, 0.3) is 0 Å². The van der Waals surface area contributed by atoms with Gasteiger partial charge in [0.2, 0.25) is 5.91 Å². The van der Waals surface area contributed by atoms with Crippen molar-refractivity contribution in [1.29, 1.82) is 0 Å². The molecule has 1 rings (SSSR count). The van der Waals surface area contributed by atoms with E-state index >= 15 is 0 Å². The van der Waals surface area contributed by atoms with E-state index in [1.54, 1.807) is 11.8 Å². The molecule has 0 aromatic carbocycles. The number of thioether (sulfide) groups is 1. The van der Waals surface area contributed by atoms with Gasteiger partial charge in [-0.3, -0.25) is 4.79 Å². The minimum atomic E-state index is -0.260. The lowest BCUT2D eigenvalue weighted by Crippen LogP contribution is -2.40. The molecule has 2 nitrogen and oxygen atoms in total. The van der Waals surface area contributed by atoms with E-state index in [2.05, 4.69) is 6.92 Å². The lowest BCUT2D eigenvalue weighted by molar-refractivity contribution is -0.120. The first-order valence-electron chi connectivity index (χ1n) is 5.65. The van der Waals surface area contributed by atoms with Gasteiger partial charge >= 0.3 is 0 Å². The molecule has 1 unspecified atom stereocenters. The van der Waals surface area contributed by atoms with Crippen molar-refractivity contribution in [2.75, 3.05) is 5.75 Å². The first-order valence-corrected chi connectivity index (χ1v) is 6.64. The van der Waals surface area contributed by atoms with Crippen LogP contribution in [0.1, 0.15) is 51.9 Å². The molecule has 3 heteroatoms. The van der Waals surface area contributed by atoms with Crippen LogP contribution in [-0.2, 0) is 4.79 Å². The second-order valence-electron chi connectivity index (χ2n) is 4.08.